The minimum absolute atomic E-state index is 0.182. The van der Waals surface area contributed by atoms with Crippen LogP contribution in [0.1, 0.15) is 113 Å². The van der Waals surface area contributed by atoms with Crippen molar-refractivity contribution in [2.24, 2.45) is 51.2 Å². The standard InChI is InChI=1S/C27H48O2.C3H6/c1-18-9-14-27(17-28)16-15-25(5)21(23(18)27)7-8-22-24(4,12-11-20(3)29)19(2)10-13-26(22,25)6;1-3-2/h18-23,28-29H,7-17H2,1-6H3;3H,1H2,2H3/t18?,19?,20?,21?,22?,23?,24?,25-,26?,27?;/m1./s1. The number of hydrogen-bond donors (Lipinski definition) is 2. The summed E-state index contributed by atoms with van der Waals surface area (Å²) in [6.07, 6.45) is 14.3. The predicted octanol–water partition coefficient (Wildman–Crippen LogP) is 7.63. The smallest absolute Gasteiger partial charge is 0.0512 e. The van der Waals surface area contributed by atoms with Crippen LogP contribution in [0.4, 0.5) is 0 Å². The fraction of sp³-hybridized carbons (Fsp3) is 0.933. The maximum atomic E-state index is 10.5. The summed E-state index contributed by atoms with van der Waals surface area (Å²) in [6, 6.07) is 0. The van der Waals surface area contributed by atoms with Gasteiger partial charge in [0.05, 0.1) is 6.10 Å². The number of hydrogen-bond acceptors (Lipinski definition) is 2. The van der Waals surface area contributed by atoms with E-state index in [1.165, 1.54) is 57.8 Å². The summed E-state index contributed by atoms with van der Waals surface area (Å²) >= 11 is 0. The van der Waals surface area contributed by atoms with Gasteiger partial charge in [0, 0.05) is 6.61 Å². The normalized spacial score (nSPS) is 50.8. The summed E-state index contributed by atoms with van der Waals surface area (Å²) in [4.78, 5) is 0. The second-order valence-corrected chi connectivity index (χ2v) is 13.4. The monoisotopic (exact) mass is 446 g/mol. The van der Waals surface area contributed by atoms with Crippen LogP contribution in [0, 0.1) is 51.2 Å². The van der Waals surface area contributed by atoms with E-state index in [0.717, 1.165) is 36.0 Å². The minimum Gasteiger partial charge on any atom is -0.396 e. The third kappa shape index (κ3) is 3.84. The summed E-state index contributed by atoms with van der Waals surface area (Å²) in [5.74, 6) is 3.82. The largest absolute Gasteiger partial charge is 0.396 e. The molecule has 0 spiro atoms. The lowest BCUT2D eigenvalue weighted by Crippen LogP contribution is -2.64. The molecule has 4 rings (SSSR count). The van der Waals surface area contributed by atoms with Crippen LogP contribution in [0.3, 0.4) is 0 Å². The van der Waals surface area contributed by atoms with E-state index < -0.39 is 0 Å². The van der Waals surface area contributed by atoms with Gasteiger partial charge in [-0.3, -0.25) is 0 Å². The van der Waals surface area contributed by atoms with Crippen molar-refractivity contribution in [1.29, 1.82) is 0 Å². The number of rotatable bonds is 4. The first kappa shape index (κ1) is 26.3. The lowest BCUT2D eigenvalue weighted by molar-refractivity contribution is -0.222. The molecule has 0 aromatic carbocycles. The molecule has 0 aliphatic heterocycles. The fourth-order valence-corrected chi connectivity index (χ4v) is 9.85. The van der Waals surface area contributed by atoms with Gasteiger partial charge in [-0.05, 0) is 129 Å². The Bertz CT molecular complexity index is 657. The van der Waals surface area contributed by atoms with Gasteiger partial charge >= 0.3 is 0 Å². The van der Waals surface area contributed by atoms with Crippen LogP contribution >= 0.6 is 0 Å². The molecule has 0 bridgehead atoms. The molecule has 0 saturated heterocycles. The topological polar surface area (TPSA) is 40.5 Å². The van der Waals surface area contributed by atoms with E-state index in [0.29, 0.717) is 22.9 Å². The quantitative estimate of drug-likeness (QED) is 0.436. The van der Waals surface area contributed by atoms with Crippen molar-refractivity contribution in [3.63, 3.8) is 0 Å². The van der Waals surface area contributed by atoms with Gasteiger partial charge in [0.2, 0.25) is 0 Å². The number of allylic oxidation sites excluding steroid dienone is 1. The van der Waals surface area contributed by atoms with Crippen LogP contribution in [-0.4, -0.2) is 22.9 Å². The summed E-state index contributed by atoms with van der Waals surface area (Å²) < 4.78 is 0. The van der Waals surface area contributed by atoms with E-state index in [1.807, 2.05) is 13.8 Å². The van der Waals surface area contributed by atoms with E-state index in [2.05, 4.69) is 41.2 Å². The highest BCUT2D eigenvalue weighted by Crippen LogP contribution is 2.75. The molecule has 0 radical (unpaired) electrons. The van der Waals surface area contributed by atoms with Gasteiger partial charge in [0.15, 0.2) is 0 Å². The molecule has 2 heteroatoms. The van der Waals surface area contributed by atoms with E-state index in [-0.39, 0.29) is 11.5 Å². The van der Waals surface area contributed by atoms with E-state index in [1.54, 1.807) is 6.08 Å². The van der Waals surface area contributed by atoms with Gasteiger partial charge in [-0.2, -0.15) is 0 Å². The lowest BCUT2D eigenvalue weighted by Gasteiger charge is -2.70. The zero-order valence-corrected chi connectivity index (χ0v) is 22.4. The molecule has 2 N–H and O–H groups in total. The van der Waals surface area contributed by atoms with Crippen molar-refractivity contribution in [3.8, 4) is 0 Å². The van der Waals surface area contributed by atoms with Crippen molar-refractivity contribution in [1.82, 2.24) is 0 Å². The van der Waals surface area contributed by atoms with E-state index >= 15 is 0 Å². The molecule has 0 heterocycles. The summed E-state index contributed by atoms with van der Waals surface area (Å²) in [5.41, 5.74) is 1.39. The molecule has 4 fully saturated rings. The minimum atomic E-state index is -0.182. The fourth-order valence-electron chi connectivity index (χ4n) is 9.85. The molecule has 0 amide bonds. The number of aliphatic hydroxyl groups is 2. The highest BCUT2D eigenvalue weighted by atomic mass is 16.3. The van der Waals surface area contributed by atoms with Gasteiger partial charge < -0.3 is 10.2 Å². The van der Waals surface area contributed by atoms with E-state index in [4.69, 9.17) is 0 Å². The van der Waals surface area contributed by atoms with Crippen molar-refractivity contribution in [2.45, 2.75) is 119 Å². The Kier molecular flexibility index (Phi) is 7.69. The van der Waals surface area contributed by atoms with Crippen LogP contribution in [-0.2, 0) is 0 Å². The number of fused-ring (bicyclic) bond motifs is 5. The van der Waals surface area contributed by atoms with Crippen LogP contribution in [0.25, 0.3) is 0 Å². The van der Waals surface area contributed by atoms with Crippen molar-refractivity contribution < 1.29 is 10.2 Å². The first-order chi connectivity index (χ1) is 15.0. The van der Waals surface area contributed by atoms with Crippen LogP contribution in [0.2, 0.25) is 0 Å². The molecule has 4 aliphatic rings. The second-order valence-electron chi connectivity index (χ2n) is 13.4. The molecule has 0 aromatic heterocycles. The third-order valence-electron chi connectivity index (χ3n) is 12.1. The summed E-state index contributed by atoms with van der Waals surface area (Å²) in [5, 5.41) is 20.5. The van der Waals surface area contributed by atoms with Crippen LogP contribution in [0.15, 0.2) is 12.7 Å². The Morgan fingerprint density at radius 3 is 2.22 bits per heavy atom. The van der Waals surface area contributed by atoms with Gasteiger partial charge in [-0.1, -0.05) is 40.7 Å². The van der Waals surface area contributed by atoms with Crippen LogP contribution < -0.4 is 0 Å². The van der Waals surface area contributed by atoms with E-state index in [9.17, 15) is 10.2 Å². The maximum Gasteiger partial charge on any atom is 0.0512 e. The van der Waals surface area contributed by atoms with Gasteiger partial charge in [0.25, 0.3) is 0 Å². The Hall–Kier alpha value is -0.340. The molecule has 4 saturated carbocycles. The maximum absolute atomic E-state index is 10.5. The number of aliphatic hydroxyl groups excluding tert-OH is 2. The Balaban J connectivity index is 0.000000913. The first-order valence-electron chi connectivity index (χ1n) is 13.8. The SMILES string of the molecule is C=CC.CC(O)CCC1(C)C(C)CCC2(C)C1CCC1C3C(C)CCC3(CO)CC[C@]12C. The molecule has 186 valence electrons. The first-order valence-corrected chi connectivity index (χ1v) is 13.8. The predicted molar refractivity (Wildman–Crippen MR) is 136 cm³/mol. The Labute approximate surface area is 199 Å². The molecule has 10 atom stereocenters. The zero-order chi connectivity index (χ0) is 23.9. The summed E-state index contributed by atoms with van der Waals surface area (Å²) in [6.45, 7) is 20.5. The van der Waals surface area contributed by atoms with Crippen molar-refractivity contribution in [2.75, 3.05) is 6.61 Å². The van der Waals surface area contributed by atoms with Gasteiger partial charge in [-0.25, -0.2) is 0 Å². The third-order valence-corrected chi connectivity index (χ3v) is 12.1. The Morgan fingerprint density at radius 1 is 0.969 bits per heavy atom. The molecular weight excluding hydrogens is 392 g/mol. The molecule has 9 unspecified atom stereocenters. The van der Waals surface area contributed by atoms with Gasteiger partial charge in [-0.15, -0.1) is 6.58 Å². The molecule has 4 aliphatic carbocycles. The molecule has 2 nitrogen and oxygen atoms in total. The average molecular weight is 447 g/mol. The molecule has 0 aromatic rings. The van der Waals surface area contributed by atoms with Gasteiger partial charge in [0.1, 0.15) is 0 Å². The highest BCUT2D eigenvalue weighted by Gasteiger charge is 2.68. The molecule has 32 heavy (non-hydrogen) atoms. The second kappa shape index (κ2) is 9.37. The Morgan fingerprint density at radius 2 is 1.62 bits per heavy atom. The molecular formula is C30H54O2. The zero-order valence-electron chi connectivity index (χ0n) is 22.4. The average Bonchev–Trinajstić information content (AvgIpc) is 3.08. The summed E-state index contributed by atoms with van der Waals surface area (Å²) in [7, 11) is 0. The van der Waals surface area contributed by atoms with Crippen molar-refractivity contribution >= 4 is 0 Å². The highest BCUT2D eigenvalue weighted by molar-refractivity contribution is 5.17. The van der Waals surface area contributed by atoms with Crippen molar-refractivity contribution in [3.05, 3.63) is 12.7 Å². The lowest BCUT2D eigenvalue weighted by atomic mass is 9.34. The van der Waals surface area contributed by atoms with Crippen LogP contribution in [0.5, 0.6) is 0 Å².